The summed E-state index contributed by atoms with van der Waals surface area (Å²) in [5, 5.41) is 7.07. The minimum absolute atomic E-state index is 0. The largest absolute Gasteiger partial charge is 0.356 e. The third-order valence-electron chi connectivity index (χ3n) is 5.45. The Bertz CT molecular complexity index is 519. The summed E-state index contributed by atoms with van der Waals surface area (Å²) in [6, 6.07) is 10.9. The number of rotatable bonds is 5. The number of piperidine rings is 1. The fourth-order valence-corrected chi connectivity index (χ4v) is 3.49. The van der Waals surface area contributed by atoms with Crippen LogP contribution in [-0.4, -0.2) is 51.1 Å². The van der Waals surface area contributed by atoms with Gasteiger partial charge in [-0.15, -0.1) is 24.0 Å². The molecule has 0 bridgehead atoms. The van der Waals surface area contributed by atoms with Gasteiger partial charge >= 0.3 is 0 Å². The van der Waals surface area contributed by atoms with Gasteiger partial charge in [0.05, 0.1) is 0 Å². The molecule has 1 saturated carbocycles. The Balaban J connectivity index is 0.00000208. The Morgan fingerprint density at radius 3 is 2.42 bits per heavy atom. The van der Waals surface area contributed by atoms with Crippen LogP contribution in [0.5, 0.6) is 0 Å². The van der Waals surface area contributed by atoms with Crippen LogP contribution in [-0.2, 0) is 5.41 Å². The molecule has 1 aromatic carbocycles. The summed E-state index contributed by atoms with van der Waals surface area (Å²) < 4.78 is 0. The first-order chi connectivity index (χ1) is 11.2. The molecular weight excluding hydrogens is 411 g/mol. The van der Waals surface area contributed by atoms with E-state index >= 15 is 0 Å². The Labute approximate surface area is 163 Å². The van der Waals surface area contributed by atoms with Crippen molar-refractivity contribution in [3.8, 4) is 0 Å². The van der Waals surface area contributed by atoms with Crippen LogP contribution in [0.4, 0.5) is 0 Å². The van der Waals surface area contributed by atoms with E-state index in [0.29, 0.717) is 5.41 Å². The van der Waals surface area contributed by atoms with Crippen LogP contribution < -0.4 is 10.6 Å². The molecule has 1 heterocycles. The van der Waals surface area contributed by atoms with Gasteiger partial charge in [-0.1, -0.05) is 30.3 Å². The average molecular weight is 442 g/mol. The van der Waals surface area contributed by atoms with Crippen molar-refractivity contribution in [1.29, 1.82) is 0 Å². The first-order valence-corrected chi connectivity index (χ1v) is 8.90. The number of benzene rings is 1. The summed E-state index contributed by atoms with van der Waals surface area (Å²) in [7, 11) is 4.08. The van der Waals surface area contributed by atoms with Crippen molar-refractivity contribution < 1.29 is 0 Å². The summed E-state index contributed by atoms with van der Waals surface area (Å²) in [5.74, 6) is 1.72. The molecule has 4 nitrogen and oxygen atoms in total. The molecule has 1 aliphatic carbocycles. The van der Waals surface area contributed by atoms with Crippen molar-refractivity contribution in [3.63, 3.8) is 0 Å². The molecule has 2 fully saturated rings. The van der Waals surface area contributed by atoms with Crippen LogP contribution in [0.25, 0.3) is 0 Å². The van der Waals surface area contributed by atoms with E-state index in [0.717, 1.165) is 25.0 Å². The van der Waals surface area contributed by atoms with Crippen molar-refractivity contribution in [2.75, 3.05) is 40.3 Å². The van der Waals surface area contributed by atoms with Gasteiger partial charge in [0.1, 0.15) is 0 Å². The van der Waals surface area contributed by atoms with Gasteiger partial charge in [-0.3, -0.25) is 4.99 Å². The predicted octanol–water partition coefficient (Wildman–Crippen LogP) is 2.84. The van der Waals surface area contributed by atoms with Gasteiger partial charge < -0.3 is 15.5 Å². The highest BCUT2D eigenvalue weighted by Crippen LogP contribution is 2.47. The zero-order valence-corrected chi connectivity index (χ0v) is 17.3. The van der Waals surface area contributed by atoms with Crippen LogP contribution in [0, 0.1) is 5.92 Å². The minimum atomic E-state index is 0. The number of nitrogens with one attached hydrogen (secondary N) is 2. The van der Waals surface area contributed by atoms with E-state index < -0.39 is 0 Å². The predicted molar refractivity (Wildman–Crippen MR) is 112 cm³/mol. The average Bonchev–Trinajstić information content (AvgIpc) is 3.39. The van der Waals surface area contributed by atoms with E-state index in [1.54, 1.807) is 0 Å². The van der Waals surface area contributed by atoms with Crippen LogP contribution in [0.1, 0.15) is 31.2 Å². The summed E-state index contributed by atoms with van der Waals surface area (Å²) in [6.45, 7) is 4.45. The standard InChI is InChI=1S/C19H30N4.HI/c1-20-18(21-14-16-8-12-23(2)13-9-16)22-15-19(10-11-19)17-6-4-3-5-7-17;/h3-7,16H,8-15H2,1-2H3,(H2,20,21,22);1H. The SMILES string of the molecule is CN=C(NCC1CCN(C)CC1)NCC1(c2ccccc2)CC1.I. The third-order valence-corrected chi connectivity index (χ3v) is 5.45. The molecule has 134 valence electrons. The van der Waals surface area contributed by atoms with Crippen LogP contribution in [0.3, 0.4) is 0 Å². The number of likely N-dealkylation sites (tertiary alicyclic amines) is 1. The second-order valence-corrected chi connectivity index (χ2v) is 7.20. The smallest absolute Gasteiger partial charge is 0.191 e. The van der Waals surface area contributed by atoms with Gasteiger partial charge in [0.25, 0.3) is 0 Å². The monoisotopic (exact) mass is 442 g/mol. The maximum absolute atomic E-state index is 4.40. The van der Waals surface area contributed by atoms with E-state index in [2.05, 4.69) is 57.9 Å². The van der Waals surface area contributed by atoms with Crippen LogP contribution in [0.15, 0.2) is 35.3 Å². The van der Waals surface area contributed by atoms with E-state index in [1.165, 1.54) is 44.3 Å². The van der Waals surface area contributed by atoms with E-state index in [9.17, 15) is 0 Å². The lowest BCUT2D eigenvalue weighted by Crippen LogP contribution is -2.44. The molecule has 1 aromatic rings. The molecule has 0 atom stereocenters. The lowest BCUT2D eigenvalue weighted by atomic mass is 9.96. The Morgan fingerprint density at radius 1 is 1.17 bits per heavy atom. The maximum atomic E-state index is 4.40. The summed E-state index contributed by atoms with van der Waals surface area (Å²) in [5.41, 5.74) is 1.78. The van der Waals surface area contributed by atoms with Gasteiger partial charge in [-0.05, 0) is 57.3 Å². The fraction of sp³-hybridized carbons (Fsp3) is 0.632. The zero-order chi connectivity index (χ0) is 16.1. The number of hydrogen-bond donors (Lipinski definition) is 2. The first kappa shape index (κ1) is 19.5. The Hall–Kier alpha value is -0.820. The molecule has 0 spiro atoms. The fourth-order valence-electron chi connectivity index (χ4n) is 3.49. The molecule has 2 aliphatic rings. The lowest BCUT2D eigenvalue weighted by molar-refractivity contribution is 0.220. The van der Waals surface area contributed by atoms with E-state index in [1.807, 2.05) is 7.05 Å². The topological polar surface area (TPSA) is 39.7 Å². The number of guanidine groups is 1. The van der Waals surface area contributed by atoms with Gasteiger partial charge in [0, 0.05) is 25.6 Å². The highest BCUT2D eigenvalue weighted by Gasteiger charge is 2.44. The van der Waals surface area contributed by atoms with Gasteiger partial charge in [-0.2, -0.15) is 0 Å². The minimum Gasteiger partial charge on any atom is -0.356 e. The third kappa shape index (κ3) is 5.09. The van der Waals surface area contributed by atoms with E-state index in [-0.39, 0.29) is 24.0 Å². The lowest BCUT2D eigenvalue weighted by Gasteiger charge is -2.29. The molecule has 1 aliphatic heterocycles. The second-order valence-electron chi connectivity index (χ2n) is 7.20. The molecule has 0 amide bonds. The molecule has 0 aromatic heterocycles. The van der Waals surface area contributed by atoms with Crippen molar-refractivity contribution in [3.05, 3.63) is 35.9 Å². The highest BCUT2D eigenvalue weighted by molar-refractivity contribution is 14.0. The Kier molecular flexibility index (Phi) is 7.34. The molecule has 0 radical (unpaired) electrons. The molecule has 24 heavy (non-hydrogen) atoms. The Morgan fingerprint density at radius 2 is 1.83 bits per heavy atom. The molecule has 0 unspecified atom stereocenters. The van der Waals surface area contributed by atoms with Crippen molar-refractivity contribution in [1.82, 2.24) is 15.5 Å². The van der Waals surface area contributed by atoms with Crippen LogP contribution in [0.2, 0.25) is 0 Å². The molecule has 3 rings (SSSR count). The number of halogens is 1. The summed E-state index contributed by atoms with van der Waals surface area (Å²) >= 11 is 0. The quantitative estimate of drug-likeness (QED) is 0.419. The van der Waals surface area contributed by atoms with Gasteiger partial charge in [0.2, 0.25) is 0 Å². The second kappa shape index (κ2) is 9.04. The summed E-state index contributed by atoms with van der Waals surface area (Å²) in [4.78, 5) is 6.81. The summed E-state index contributed by atoms with van der Waals surface area (Å²) in [6.07, 6.45) is 5.12. The molecule has 2 N–H and O–H groups in total. The van der Waals surface area contributed by atoms with Crippen LogP contribution >= 0.6 is 24.0 Å². The zero-order valence-electron chi connectivity index (χ0n) is 14.9. The number of nitrogens with zero attached hydrogens (tertiary/aromatic N) is 2. The maximum Gasteiger partial charge on any atom is 0.191 e. The van der Waals surface area contributed by atoms with Gasteiger partial charge in [0.15, 0.2) is 5.96 Å². The first-order valence-electron chi connectivity index (χ1n) is 8.90. The van der Waals surface area contributed by atoms with E-state index in [4.69, 9.17) is 0 Å². The van der Waals surface area contributed by atoms with Gasteiger partial charge in [-0.25, -0.2) is 0 Å². The van der Waals surface area contributed by atoms with Crippen molar-refractivity contribution in [2.45, 2.75) is 31.1 Å². The highest BCUT2D eigenvalue weighted by atomic mass is 127. The normalized spacial score (nSPS) is 21.0. The van der Waals surface area contributed by atoms with Crippen molar-refractivity contribution >= 4 is 29.9 Å². The number of hydrogen-bond acceptors (Lipinski definition) is 2. The number of aliphatic imine (C=N–C) groups is 1. The molecule has 5 heteroatoms. The molecule has 1 saturated heterocycles. The van der Waals surface area contributed by atoms with Crippen molar-refractivity contribution in [2.24, 2.45) is 10.9 Å². The molecular formula is C19H31IN4.